The van der Waals surface area contributed by atoms with Gasteiger partial charge in [0, 0.05) is 7.11 Å². The minimum Gasteiger partial charge on any atom is -0.383 e. The number of hydrogen-bond donors (Lipinski definition) is 2. The molecule has 2 rings (SSSR count). The highest BCUT2D eigenvalue weighted by Gasteiger charge is 2.21. The summed E-state index contributed by atoms with van der Waals surface area (Å²) < 4.78 is 6.93. The number of ether oxygens (including phenoxy) is 1. The van der Waals surface area contributed by atoms with E-state index in [0.29, 0.717) is 18.2 Å². The molecule has 1 unspecified atom stereocenters. The van der Waals surface area contributed by atoms with Gasteiger partial charge in [-0.05, 0) is 30.5 Å². The van der Waals surface area contributed by atoms with Crippen molar-refractivity contribution in [2.75, 3.05) is 13.7 Å². The van der Waals surface area contributed by atoms with Crippen molar-refractivity contribution in [3.8, 4) is 0 Å². The summed E-state index contributed by atoms with van der Waals surface area (Å²) in [7, 11) is 1.66. The Morgan fingerprint density at radius 1 is 1.38 bits per heavy atom. The third-order valence-electron chi connectivity index (χ3n) is 3.64. The molecule has 21 heavy (non-hydrogen) atoms. The van der Waals surface area contributed by atoms with Crippen molar-refractivity contribution < 1.29 is 4.74 Å². The first-order valence-corrected chi connectivity index (χ1v) is 7.19. The van der Waals surface area contributed by atoms with Crippen molar-refractivity contribution in [3.05, 3.63) is 51.8 Å². The standard InChI is InChI=1S/C15H21ClN4O/c1-10-4-5-12(8-11(10)2)14(19-17)15-13(16)9-18-20(15)6-7-21-3/h4-5,8-9,14,19H,6-7,17H2,1-3H3. The number of nitrogens with two attached hydrogens (primary N) is 1. The highest BCUT2D eigenvalue weighted by Crippen LogP contribution is 2.28. The lowest BCUT2D eigenvalue weighted by atomic mass is 9.99. The first kappa shape index (κ1) is 16.0. The minimum atomic E-state index is -0.212. The molecule has 1 aromatic carbocycles. The second-order valence-corrected chi connectivity index (χ2v) is 5.44. The van der Waals surface area contributed by atoms with E-state index in [2.05, 4.69) is 42.6 Å². The van der Waals surface area contributed by atoms with Crippen molar-refractivity contribution in [2.45, 2.75) is 26.4 Å². The van der Waals surface area contributed by atoms with Gasteiger partial charge in [0.1, 0.15) is 0 Å². The molecule has 0 amide bonds. The molecule has 0 spiro atoms. The van der Waals surface area contributed by atoms with Crippen LogP contribution in [0, 0.1) is 13.8 Å². The summed E-state index contributed by atoms with van der Waals surface area (Å²) in [6.07, 6.45) is 1.64. The van der Waals surface area contributed by atoms with E-state index in [9.17, 15) is 0 Å². The zero-order valence-electron chi connectivity index (χ0n) is 12.6. The van der Waals surface area contributed by atoms with Gasteiger partial charge < -0.3 is 4.74 Å². The number of aromatic nitrogens is 2. The molecule has 0 aliphatic carbocycles. The highest BCUT2D eigenvalue weighted by molar-refractivity contribution is 6.31. The maximum Gasteiger partial charge on any atom is 0.0893 e. The second-order valence-electron chi connectivity index (χ2n) is 5.04. The van der Waals surface area contributed by atoms with E-state index in [4.69, 9.17) is 22.2 Å². The van der Waals surface area contributed by atoms with Crippen molar-refractivity contribution >= 4 is 11.6 Å². The molecule has 0 aliphatic rings. The Labute approximate surface area is 130 Å². The first-order valence-electron chi connectivity index (χ1n) is 6.82. The lowest BCUT2D eigenvalue weighted by molar-refractivity contribution is 0.182. The summed E-state index contributed by atoms with van der Waals surface area (Å²) in [6, 6.07) is 6.04. The van der Waals surface area contributed by atoms with Crippen LogP contribution in [0.15, 0.2) is 24.4 Å². The Kier molecular flexibility index (Phi) is 5.36. The summed E-state index contributed by atoms with van der Waals surface area (Å²) in [4.78, 5) is 0. The minimum absolute atomic E-state index is 0.212. The molecule has 0 saturated carbocycles. The molecule has 114 valence electrons. The number of halogens is 1. The zero-order valence-corrected chi connectivity index (χ0v) is 13.3. The van der Waals surface area contributed by atoms with E-state index >= 15 is 0 Å². The molecule has 3 N–H and O–H groups in total. The normalized spacial score (nSPS) is 12.6. The Morgan fingerprint density at radius 3 is 2.76 bits per heavy atom. The van der Waals surface area contributed by atoms with Crippen LogP contribution in [0.3, 0.4) is 0 Å². The third kappa shape index (κ3) is 3.44. The van der Waals surface area contributed by atoms with Gasteiger partial charge in [-0.25, -0.2) is 5.43 Å². The number of benzene rings is 1. The predicted molar refractivity (Wildman–Crippen MR) is 84.2 cm³/mol. The van der Waals surface area contributed by atoms with Crippen molar-refractivity contribution in [1.82, 2.24) is 15.2 Å². The largest absolute Gasteiger partial charge is 0.383 e. The van der Waals surface area contributed by atoms with Crippen LogP contribution in [0.1, 0.15) is 28.4 Å². The van der Waals surface area contributed by atoms with E-state index in [1.54, 1.807) is 13.3 Å². The fraction of sp³-hybridized carbons (Fsp3) is 0.400. The molecule has 0 aliphatic heterocycles. The molecule has 1 heterocycles. The monoisotopic (exact) mass is 308 g/mol. The van der Waals surface area contributed by atoms with Gasteiger partial charge in [-0.15, -0.1) is 0 Å². The summed E-state index contributed by atoms with van der Waals surface area (Å²) in [5, 5.41) is 4.89. The summed E-state index contributed by atoms with van der Waals surface area (Å²) in [5.74, 6) is 5.77. The Bertz CT molecular complexity index is 612. The molecule has 0 radical (unpaired) electrons. The smallest absolute Gasteiger partial charge is 0.0893 e. The number of nitrogens with one attached hydrogen (secondary N) is 1. The fourth-order valence-electron chi connectivity index (χ4n) is 2.29. The van der Waals surface area contributed by atoms with Gasteiger partial charge in [-0.2, -0.15) is 5.10 Å². The van der Waals surface area contributed by atoms with E-state index in [-0.39, 0.29) is 6.04 Å². The van der Waals surface area contributed by atoms with Crippen LogP contribution in [0.2, 0.25) is 5.02 Å². The van der Waals surface area contributed by atoms with Gasteiger partial charge in [0.05, 0.1) is 36.1 Å². The molecule has 1 aromatic heterocycles. The topological polar surface area (TPSA) is 65.1 Å². The number of hydrogen-bond acceptors (Lipinski definition) is 4. The van der Waals surface area contributed by atoms with Gasteiger partial charge in [0.15, 0.2) is 0 Å². The van der Waals surface area contributed by atoms with Gasteiger partial charge in [0.2, 0.25) is 0 Å². The zero-order chi connectivity index (χ0) is 15.4. The van der Waals surface area contributed by atoms with Crippen molar-refractivity contribution in [3.63, 3.8) is 0 Å². The van der Waals surface area contributed by atoms with Crippen molar-refractivity contribution in [2.24, 2.45) is 5.84 Å². The number of rotatable bonds is 6. The van der Waals surface area contributed by atoms with Gasteiger partial charge in [-0.3, -0.25) is 10.5 Å². The van der Waals surface area contributed by atoms with Crippen LogP contribution in [0.4, 0.5) is 0 Å². The van der Waals surface area contributed by atoms with Crippen LogP contribution in [0.25, 0.3) is 0 Å². The van der Waals surface area contributed by atoms with Crippen LogP contribution in [0.5, 0.6) is 0 Å². The SMILES string of the molecule is COCCn1ncc(Cl)c1C(NN)c1ccc(C)c(C)c1. The Hall–Kier alpha value is -1.40. The maximum absolute atomic E-state index is 6.30. The van der Waals surface area contributed by atoms with Crippen LogP contribution >= 0.6 is 11.6 Å². The molecule has 1 atom stereocenters. The average Bonchev–Trinajstić information content (AvgIpc) is 2.83. The number of nitrogens with zero attached hydrogens (tertiary/aromatic N) is 2. The maximum atomic E-state index is 6.30. The van der Waals surface area contributed by atoms with Gasteiger partial charge in [0.25, 0.3) is 0 Å². The molecule has 2 aromatic rings. The summed E-state index contributed by atoms with van der Waals surface area (Å²) >= 11 is 6.30. The lowest BCUT2D eigenvalue weighted by Gasteiger charge is -2.20. The van der Waals surface area contributed by atoms with E-state index < -0.39 is 0 Å². The molecule has 6 heteroatoms. The van der Waals surface area contributed by atoms with Crippen LogP contribution in [-0.2, 0) is 11.3 Å². The van der Waals surface area contributed by atoms with Gasteiger partial charge in [-0.1, -0.05) is 29.8 Å². The predicted octanol–water partition coefficient (Wildman–Crippen LogP) is 2.35. The second kappa shape index (κ2) is 7.04. The summed E-state index contributed by atoms with van der Waals surface area (Å²) in [5.41, 5.74) is 7.20. The molecule has 0 fully saturated rings. The van der Waals surface area contributed by atoms with E-state index in [0.717, 1.165) is 11.3 Å². The average molecular weight is 309 g/mol. The molecule has 0 saturated heterocycles. The quantitative estimate of drug-likeness (QED) is 0.635. The third-order valence-corrected chi connectivity index (χ3v) is 3.94. The van der Waals surface area contributed by atoms with Crippen molar-refractivity contribution in [1.29, 1.82) is 0 Å². The Balaban J connectivity index is 2.40. The van der Waals surface area contributed by atoms with E-state index in [1.807, 2.05) is 4.68 Å². The molecule has 0 bridgehead atoms. The van der Waals surface area contributed by atoms with Gasteiger partial charge >= 0.3 is 0 Å². The number of aryl methyl sites for hydroxylation is 2. The Morgan fingerprint density at radius 2 is 2.14 bits per heavy atom. The summed E-state index contributed by atoms with van der Waals surface area (Å²) in [6.45, 7) is 5.35. The molecular weight excluding hydrogens is 288 g/mol. The lowest BCUT2D eigenvalue weighted by Crippen LogP contribution is -2.31. The van der Waals surface area contributed by atoms with Crippen LogP contribution in [-0.4, -0.2) is 23.5 Å². The molecule has 5 nitrogen and oxygen atoms in total. The number of methoxy groups -OCH3 is 1. The highest BCUT2D eigenvalue weighted by atomic mass is 35.5. The first-order chi connectivity index (χ1) is 10.1. The molecular formula is C15H21ClN4O. The number of hydrazine groups is 1. The van der Waals surface area contributed by atoms with E-state index in [1.165, 1.54) is 11.1 Å². The fourth-order valence-corrected chi connectivity index (χ4v) is 2.54. The van der Waals surface area contributed by atoms with Crippen LogP contribution < -0.4 is 11.3 Å².